The molecule has 3 N–H and O–H groups in total. The van der Waals surface area contributed by atoms with Crippen molar-refractivity contribution in [3.05, 3.63) is 24.3 Å². The summed E-state index contributed by atoms with van der Waals surface area (Å²) < 4.78 is 24.1. The second kappa shape index (κ2) is 5.61. The Morgan fingerprint density at radius 1 is 1.37 bits per heavy atom. The van der Waals surface area contributed by atoms with Gasteiger partial charge in [-0.25, -0.2) is 8.42 Å². The fraction of sp³-hybridized carbons (Fsp3) is 0.462. The molecule has 0 spiro atoms. The number of sulfone groups is 1. The quantitative estimate of drug-likeness (QED) is 0.799. The van der Waals surface area contributed by atoms with Crippen molar-refractivity contribution in [1.29, 1.82) is 0 Å². The van der Waals surface area contributed by atoms with Crippen LogP contribution >= 0.6 is 0 Å². The normalized spacial score (nSPS) is 12.2. The lowest BCUT2D eigenvalue weighted by Gasteiger charge is -2.24. The molecule has 6 heteroatoms. The predicted octanol–water partition coefficient (Wildman–Crippen LogP) is 1.35. The summed E-state index contributed by atoms with van der Waals surface area (Å²) in [7, 11) is -3.65. The number of nitrogens with one attached hydrogen (secondary N) is 1. The average molecular weight is 284 g/mol. The molecule has 1 aromatic carbocycles. The molecule has 106 valence electrons. The van der Waals surface area contributed by atoms with Crippen LogP contribution in [0.1, 0.15) is 27.2 Å². The molecule has 0 saturated carbocycles. The van der Waals surface area contributed by atoms with E-state index in [2.05, 4.69) is 5.32 Å². The van der Waals surface area contributed by atoms with Crippen molar-refractivity contribution < 1.29 is 13.2 Å². The number of anilines is 1. The molecule has 0 saturated heterocycles. The summed E-state index contributed by atoms with van der Waals surface area (Å²) in [6, 6.07) is 5.94. The number of hydrogen-bond donors (Lipinski definition) is 2. The molecule has 19 heavy (non-hydrogen) atoms. The SMILES string of the molecule is CCC(C)(C)NC(=O)CS(=O)(=O)c1cccc(N)c1. The second-order valence-corrected chi connectivity index (χ2v) is 7.11. The summed E-state index contributed by atoms with van der Waals surface area (Å²) in [6.07, 6.45) is 0.719. The number of amides is 1. The lowest BCUT2D eigenvalue weighted by molar-refractivity contribution is -0.120. The monoisotopic (exact) mass is 284 g/mol. The average Bonchev–Trinajstić information content (AvgIpc) is 2.27. The molecule has 0 aliphatic carbocycles. The molecule has 0 bridgehead atoms. The van der Waals surface area contributed by atoms with Gasteiger partial charge in [-0.1, -0.05) is 13.0 Å². The Morgan fingerprint density at radius 2 is 2.00 bits per heavy atom. The third-order valence-corrected chi connectivity index (χ3v) is 4.51. The maximum atomic E-state index is 12.1. The van der Waals surface area contributed by atoms with Crippen LogP contribution in [-0.2, 0) is 14.6 Å². The number of rotatable bonds is 5. The predicted molar refractivity (Wildman–Crippen MR) is 75.4 cm³/mol. The number of nitrogen functional groups attached to an aromatic ring is 1. The number of carbonyl (C=O) groups excluding carboxylic acids is 1. The van der Waals surface area contributed by atoms with Crippen LogP contribution in [0.25, 0.3) is 0 Å². The Balaban J connectivity index is 2.84. The van der Waals surface area contributed by atoms with Crippen molar-refractivity contribution in [3.8, 4) is 0 Å². The van der Waals surface area contributed by atoms with Gasteiger partial charge in [0.05, 0.1) is 4.90 Å². The Morgan fingerprint density at radius 3 is 2.53 bits per heavy atom. The Labute approximate surface area is 114 Å². The first-order valence-electron chi connectivity index (χ1n) is 6.05. The molecule has 1 amide bonds. The van der Waals surface area contributed by atoms with Gasteiger partial charge in [-0.2, -0.15) is 0 Å². The van der Waals surface area contributed by atoms with Crippen LogP contribution in [0.3, 0.4) is 0 Å². The van der Waals surface area contributed by atoms with Gasteiger partial charge in [0.2, 0.25) is 5.91 Å². The van der Waals surface area contributed by atoms with Gasteiger partial charge >= 0.3 is 0 Å². The third kappa shape index (κ3) is 4.55. The van der Waals surface area contributed by atoms with E-state index in [0.29, 0.717) is 5.69 Å². The van der Waals surface area contributed by atoms with E-state index in [0.717, 1.165) is 6.42 Å². The zero-order valence-electron chi connectivity index (χ0n) is 11.4. The van der Waals surface area contributed by atoms with Gasteiger partial charge in [0.25, 0.3) is 0 Å². The summed E-state index contributed by atoms with van der Waals surface area (Å²) in [6.45, 7) is 5.61. The molecule has 0 radical (unpaired) electrons. The highest BCUT2D eigenvalue weighted by Crippen LogP contribution is 2.15. The zero-order chi connectivity index (χ0) is 14.7. The fourth-order valence-electron chi connectivity index (χ4n) is 1.47. The van der Waals surface area contributed by atoms with Gasteiger partial charge < -0.3 is 11.1 Å². The van der Waals surface area contributed by atoms with Gasteiger partial charge in [-0.05, 0) is 38.5 Å². The van der Waals surface area contributed by atoms with E-state index in [1.165, 1.54) is 12.1 Å². The van der Waals surface area contributed by atoms with Crippen LogP contribution < -0.4 is 11.1 Å². The highest BCUT2D eigenvalue weighted by atomic mass is 32.2. The smallest absolute Gasteiger partial charge is 0.235 e. The second-order valence-electron chi connectivity index (χ2n) is 5.12. The highest BCUT2D eigenvalue weighted by molar-refractivity contribution is 7.92. The van der Waals surface area contributed by atoms with Crippen LogP contribution in [0.5, 0.6) is 0 Å². The van der Waals surface area contributed by atoms with E-state index in [9.17, 15) is 13.2 Å². The number of nitrogens with two attached hydrogens (primary N) is 1. The van der Waals surface area contributed by atoms with Gasteiger partial charge in [0.1, 0.15) is 5.75 Å². The molecule has 0 aliphatic heterocycles. The first-order chi connectivity index (χ1) is 8.66. The first-order valence-corrected chi connectivity index (χ1v) is 7.71. The lowest BCUT2D eigenvalue weighted by atomic mass is 10.0. The van der Waals surface area contributed by atoms with Crippen molar-refractivity contribution in [2.75, 3.05) is 11.5 Å². The van der Waals surface area contributed by atoms with E-state index in [-0.39, 0.29) is 4.90 Å². The van der Waals surface area contributed by atoms with Crippen LogP contribution in [0.4, 0.5) is 5.69 Å². The molecule has 5 nitrogen and oxygen atoms in total. The van der Waals surface area contributed by atoms with Gasteiger partial charge in [-0.3, -0.25) is 4.79 Å². The zero-order valence-corrected chi connectivity index (χ0v) is 12.3. The summed E-state index contributed by atoms with van der Waals surface area (Å²) >= 11 is 0. The number of carbonyl (C=O) groups is 1. The van der Waals surface area contributed by atoms with Gasteiger partial charge in [-0.15, -0.1) is 0 Å². The highest BCUT2D eigenvalue weighted by Gasteiger charge is 2.24. The molecule has 0 fully saturated rings. The topological polar surface area (TPSA) is 89.3 Å². The summed E-state index contributed by atoms with van der Waals surface area (Å²) in [4.78, 5) is 11.8. The first kappa shape index (κ1) is 15.5. The molecule has 1 rings (SSSR count). The van der Waals surface area contributed by atoms with E-state index in [4.69, 9.17) is 5.73 Å². The molecule has 1 aromatic rings. The third-order valence-electron chi connectivity index (χ3n) is 2.90. The molecular formula is C13H20N2O3S. The standard InChI is InChI=1S/C13H20N2O3S/c1-4-13(2,3)15-12(16)9-19(17,18)11-7-5-6-10(14)8-11/h5-8H,4,9,14H2,1-3H3,(H,15,16). The van der Waals surface area contributed by atoms with Crippen LogP contribution in [0, 0.1) is 0 Å². The maximum absolute atomic E-state index is 12.1. The number of benzene rings is 1. The maximum Gasteiger partial charge on any atom is 0.235 e. The Bertz CT molecular complexity index is 565. The molecule has 0 aromatic heterocycles. The number of hydrogen-bond acceptors (Lipinski definition) is 4. The Hall–Kier alpha value is -1.56. The van der Waals surface area contributed by atoms with Crippen molar-refractivity contribution in [3.63, 3.8) is 0 Å². The van der Waals surface area contributed by atoms with Crippen LogP contribution in [0.2, 0.25) is 0 Å². The largest absolute Gasteiger partial charge is 0.399 e. The van der Waals surface area contributed by atoms with E-state index in [1.807, 2.05) is 20.8 Å². The van der Waals surface area contributed by atoms with Crippen molar-refractivity contribution in [1.82, 2.24) is 5.32 Å². The molecule has 0 aliphatic rings. The summed E-state index contributed by atoms with van der Waals surface area (Å²) in [5.74, 6) is -1.07. The van der Waals surface area contributed by atoms with Crippen molar-refractivity contribution in [2.45, 2.75) is 37.6 Å². The molecule has 0 unspecified atom stereocenters. The summed E-state index contributed by atoms with van der Waals surface area (Å²) in [5.41, 5.74) is 5.49. The van der Waals surface area contributed by atoms with Gasteiger partial charge in [0, 0.05) is 11.2 Å². The van der Waals surface area contributed by atoms with E-state index in [1.54, 1.807) is 12.1 Å². The molecule has 0 heterocycles. The molecular weight excluding hydrogens is 264 g/mol. The lowest BCUT2D eigenvalue weighted by Crippen LogP contribution is -2.45. The minimum atomic E-state index is -3.65. The summed E-state index contributed by atoms with van der Waals surface area (Å²) in [5, 5.41) is 2.70. The van der Waals surface area contributed by atoms with Gasteiger partial charge in [0.15, 0.2) is 9.84 Å². The van der Waals surface area contributed by atoms with E-state index >= 15 is 0 Å². The van der Waals surface area contributed by atoms with Crippen LogP contribution in [0.15, 0.2) is 29.2 Å². The fourth-order valence-corrected chi connectivity index (χ4v) is 2.65. The van der Waals surface area contributed by atoms with Crippen LogP contribution in [-0.4, -0.2) is 25.6 Å². The van der Waals surface area contributed by atoms with E-state index < -0.39 is 27.0 Å². The minimum absolute atomic E-state index is 0.0666. The van der Waals surface area contributed by atoms with Crippen molar-refractivity contribution in [2.24, 2.45) is 0 Å². The van der Waals surface area contributed by atoms with Crippen molar-refractivity contribution >= 4 is 21.4 Å². The minimum Gasteiger partial charge on any atom is -0.399 e. The molecule has 0 atom stereocenters. The Kier molecular flexibility index (Phi) is 4.57.